The van der Waals surface area contributed by atoms with Crippen LogP contribution in [0.15, 0.2) is 43.5 Å². The van der Waals surface area contributed by atoms with Gasteiger partial charge in [-0.2, -0.15) is 0 Å². The Morgan fingerprint density at radius 2 is 1.79 bits per heavy atom. The number of fused-ring (bicyclic) bond motifs is 2. The van der Waals surface area contributed by atoms with Crippen LogP contribution in [0.2, 0.25) is 0 Å². The highest BCUT2D eigenvalue weighted by atomic mass is 16.6. The molecule has 0 spiro atoms. The Morgan fingerprint density at radius 3 is 2.25 bits per heavy atom. The number of nitro groups is 1. The van der Waals surface area contributed by atoms with Crippen molar-refractivity contribution in [1.82, 2.24) is 9.80 Å². The molecule has 152 valence electrons. The van der Waals surface area contributed by atoms with Crippen LogP contribution in [0.1, 0.15) is 11.5 Å². The molecule has 0 N–H and O–H groups in total. The van der Waals surface area contributed by atoms with Crippen LogP contribution in [-0.4, -0.2) is 73.8 Å². The fourth-order valence-electron chi connectivity index (χ4n) is 5.01. The van der Waals surface area contributed by atoms with Crippen LogP contribution in [0.25, 0.3) is 0 Å². The van der Waals surface area contributed by atoms with Gasteiger partial charge in [0.1, 0.15) is 11.5 Å². The van der Waals surface area contributed by atoms with E-state index < -0.39 is 5.54 Å². The van der Waals surface area contributed by atoms with Crippen molar-refractivity contribution in [3.8, 4) is 11.5 Å². The van der Waals surface area contributed by atoms with Crippen LogP contribution in [-0.2, 0) is 0 Å². The van der Waals surface area contributed by atoms with E-state index in [-0.39, 0.29) is 16.8 Å². The maximum atomic E-state index is 12.5. The first-order valence-electron chi connectivity index (χ1n) is 9.52. The van der Waals surface area contributed by atoms with E-state index >= 15 is 0 Å². The standard InChI is InChI=1S/C21H29N3O4/c1-5-9-22-12-16-13-23(10-6-2)15-21(14-22,24(25)26)20(16)18-8-7-17(27-3)11-19(18)28-4/h5-8,11,16,20H,1-2,9-10,12-15H2,3-4H3/t16?,20-,21?/m1/s1. The molecule has 2 bridgehead atoms. The van der Waals surface area contributed by atoms with Crippen molar-refractivity contribution in [2.75, 3.05) is 53.5 Å². The van der Waals surface area contributed by atoms with E-state index in [0.717, 1.165) is 18.7 Å². The Morgan fingerprint density at radius 1 is 1.18 bits per heavy atom. The van der Waals surface area contributed by atoms with Gasteiger partial charge in [0.25, 0.3) is 5.54 Å². The van der Waals surface area contributed by atoms with E-state index in [2.05, 4.69) is 23.0 Å². The zero-order valence-corrected chi connectivity index (χ0v) is 16.7. The van der Waals surface area contributed by atoms with Gasteiger partial charge in [0.05, 0.1) is 33.2 Å². The monoisotopic (exact) mass is 387 g/mol. The highest BCUT2D eigenvalue weighted by Gasteiger charge is 2.62. The van der Waals surface area contributed by atoms with Crippen molar-refractivity contribution in [3.05, 3.63) is 59.2 Å². The Bertz CT molecular complexity index is 729. The summed E-state index contributed by atoms with van der Waals surface area (Å²) in [5.41, 5.74) is -0.226. The zero-order valence-electron chi connectivity index (χ0n) is 16.7. The smallest absolute Gasteiger partial charge is 0.254 e. The first-order chi connectivity index (χ1) is 13.5. The van der Waals surface area contributed by atoms with Gasteiger partial charge in [-0.25, -0.2) is 0 Å². The normalized spacial score (nSPS) is 27.8. The summed E-state index contributed by atoms with van der Waals surface area (Å²) in [4.78, 5) is 16.8. The topological polar surface area (TPSA) is 68.1 Å². The third kappa shape index (κ3) is 3.52. The lowest BCUT2D eigenvalue weighted by atomic mass is 9.65. The van der Waals surface area contributed by atoms with Gasteiger partial charge in [-0.15, -0.1) is 13.2 Å². The van der Waals surface area contributed by atoms with Crippen LogP contribution in [0.4, 0.5) is 0 Å². The van der Waals surface area contributed by atoms with E-state index in [4.69, 9.17) is 9.47 Å². The molecule has 7 heteroatoms. The molecule has 3 rings (SSSR count). The molecule has 2 aliphatic rings. The molecule has 1 aromatic rings. The molecule has 28 heavy (non-hydrogen) atoms. The van der Waals surface area contributed by atoms with Crippen molar-refractivity contribution in [2.45, 2.75) is 11.5 Å². The third-order valence-corrected chi connectivity index (χ3v) is 5.94. The molecule has 1 aromatic carbocycles. The minimum Gasteiger partial charge on any atom is -0.497 e. The summed E-state index contributed by atoms with van der Waals surface area (Å²) in [5, 5.41) is 12.5. The summed E-state index contributed by atoms with van der Waals surface area (Å²) in [7, 11) is 3.20. The summed E-state index contributed by atoms with van der Waals surface area (Å²) < 4.78 is 10.9. The number of ether oxygens (including phenoxy) is 2. The SMILES string of the molecule is C=CCN1CC2CN(CC=C)CC([N+](=O)[O-])(C1)[C@H]2c1ccc(OC)cc1OC. The molecule has 0 saturated carbocycles. The third-order valence-electron chi connectivity index (χ3n) is 5.94. The average Bonchev–Trinajstić information content (AvgIpc) is 2.67. The molecule has 2 aliphatic heterocycles. The Balaban J connectivity index is 2.10. The highest BCUT2D eigenvalue weighted by molar-refractivity contribution is 5.45. The number of likely N-dealkylation sites (tertiary alicyclic amines) is 2. The molecular formula is C21H29N3O4. The van der Waals surface area contributed by atoms with E-state index in [9.17, 15) is 10.1 Å². The second kappa shape index (κ2) is 8.32. The Hall–Kier alpha value is -2.38. The number of benzene rings is 1. The molecule has 0 amide bonds. The van der Waals surface area contributed by atoms with Crippen LogP contribution < -0.4 is 9.47 Å². The quantitative estimate of drug-likeness (QED) is 0.388. The highest BCUT2D eigenvalue weighted by Crippen LogP contribution is 2.49. The van der Waals surface area contributed by atoms with Crippen LogP contribution in [0, 0.1) is 16.0 Å². The molecule has 7 nitrogen and oxygen atoms in total. The summed E-state index contributed by atoms with van der Waals surface area (Å²) >= 11 is 0. The van der Waals surface area contributed by atoms with Gasteiger partial charge in [0, 0.05) is 42.7 Å². The van der Waals surface area contributed by atoms with Crippen LogP contribution in [0.5, 0.6) is 11.5 Å². The van der Waals surface area contributed by atoms with E-state index in [1.807, 2.05) is 30.4 Å². The lowest BCUT2D eigenvalue weighted by molar-refractivity contribution is -0.585. The van der Waals surface area contributed by atoms with Gasteiger partial charge in [-0.3, -0.25) is 19.9 Å². The Labute approximate surface area is 166 Å². The fraction of sp³-hybridized carbons (Fsp3) is 0.524. The minimum atomic E-state index is -1.12. The zero-order chi connectivity index (χ0) is 20.3. The fourth-order valence-corrected chi connectivity index (χ4v) is 5.01. The predicted molar refractivity (Wildman–Crippen MR) is 109 cm³/mol. The first-order valence-corrected chi connectivity index (χ1v) is 9.52. The maximum Gasteiger partial charge on any atom is 0.254 e. The van der Waals surface area contributed by atoms with Gasteiger partial charge in [-0.1, -0.05) is 18.2 Å². The van der Waals surface area contributed by atoms with Gasteiger partial charge in [-0.05, 0) is 12.0 Å². The number of methoxy groups -OCH3 is 2. The average molecular weight is 387 g/mol. The van der Waals surface area contributed by atoms with Gasteiger partial charge < -0.3 is 9.47 Å². The summed E-state index contributed by atoms with van der Waals surface area (Å²) in [6.45, 7) is 11.3. The first kappa shape index (κ1) is 20.4. The van der Waals surface area contributed by atoms with Gasteiger partial charge in [0.15, 0.2) is 0 Å². The molecule has 0 radical (unpaired) electrons. The van der Waals surface area contributed by atoms with E-state index in [1.165, 1.54) is 0 Å². The van der Waals surface area contributed by atoms with Crippen molar-refractivity contribution < 1.29 is 14.4 Å². The minimum absolute atomic E-state index is 0.0706. The van der Waals surface area contributed by atoms with Crippen molar-refractivity contribution in [1.29, 1.82) is 0 Å². The number of hydrogen-bond donors (Lipinski definition) is 0. The number of rotatable bonds is 8. The number of hydrogen-bond acceptors (Lipinski definition) is 6. The Kier molecular flexibility index (Phi) is 6.05. The molecule has 2 fully saturated rings. The van der Waals surface area contributed by atoms with Crippen molar-refractivity contribution in [3.63, 3.8) is 0 Å². The second-order valence-electron chi connectivity index (χ2n) is 7.67. The van der Waals surface area contributed by atoms with Crippen LogP contribution >= 0.6 is 0 Å². The largest absolute Gasteiger partial charge is 0.497 e. The lowest BCUT2D eigenvalue weighted by Crippen LogP contribution is -2.70. The summed E-state index contributed by atoms with van der Waals surface area (Å²) in [6.07, 6.45) is 3.64. The molecule has 0 unspecified atom stereocenters. The maximum absolute atomic E-state index is 12.5. The van der Waals surface area contributed by atoms with Gasteiger partial charge >= 0.3 is 0 Å². The molecule has 2 saturated heterocycles. The van der Waals surface area contributed by atoms with Crippen LogP contribution in [0.3, 0.4) is 0 Å². The number of piperidine rings is 2. The second-order valence-corrected chi connectivity index (χ2v) is 7.67. The summed E-state index contributed by atoms with van der Waals surface area (Å²) in [6, 6.07) is 5.61. The molecule has 0 aliphatic carbocycles. The van der Waals surface area contributed by atoms with Crippen molar-refractivity contribution in [2.24, 2.45) is 5.92 Å². The van der Waals surface area contributed by atoms with Gasteiger partial charge in [0.2, 0.25) is 0 Å². The van der Waals surface area contributed by atoms with E-state index in [1.54, 1.807) is 14.2 Å². The predicted octanol–water partition coefficient (Wildman–Crippen LogP) is 2.42. The summed E-state index contributed by atoms with van der Waals surface area (Å²) in [5.74, 6) is 1.20. The molecule has 2 heterocycles. The molecule has 0 aromatic heterocycles. The van der Waals surface area contributed by atoms with E-state index in [0.29, 0.717) is 37.7 Å². The number of nitrogens with zero attached hydrogens (tertiary/aromatic N) is 3. The van der Waals surface area contributed by atoms with Crippen molar-refractivity contribution >= 4 is 0 Å². The lowest BCUT2D eigenvalue weighted by Gasteiger charge is -2.53. The molecular weight excluding hydrogens is 358 g/mol. The molecule has 1 atom stereocenters.